The molecule has 44 heavy (non-hydrogen) atoms. The minimum Gasteiger partial charge on any atom is -0.435 e. The molecule has 1 aliphatic heterocycles. The van der Waals surface area contributed by atoms with Crippen LogP contribution in [0.5, 0.6) is 11.6 Å². The SMILES string of the molecule is CC(F)(F)C1CNCC(Nc2nccc(-c3cccnc3Oc3cc(F)c(C(N[SH](=O)=O)c4ccccc4)c(F)c3F)n2)C1. The molecule has 2 aromatic heterocycles. The normalized spacial score (nSPS) is 17.8. The van der Waals surface area contributed by atoms with Crippen molar-refractivity contribution in [2.75, 3.05) is 18.4 Å². The Morgan fingerprint density at radius 2 is 1.77 bits per heavy atom. The number of ether oxygens (including phenoxy) is 1. The maximum absolute atomic E-state index is 15.4. The Kier molecular flexibility index (Phi) is 9.36. The van der Waals surface area contributed by atoms with Crippen LogP contribution < -0.4 is 20.1 Å². The zero-order chi connectivity index (χ0) is 31.4. The van der Waals surface area contributed by atoms with E-state index in [1.165, 1.54) is 54.9 Å². The molecule has 0 radical (unpaired) electrons. The molecular formula is C29H27F5N6O3S. The van der Waals surface area contributed by atoms with Gasteiger partial charge in [0.05, 0.1) is 17.3 Å². The molecule has 1 saturated heterocycles. The Bertz CT molecular complexity index is 1700. The van der Waals surface area contributed by atoms with Crippen LogP contribution in [0.4, 0.5) is 27.9 Å². The average Bonchev–Trinajstić information content (AvgIpc) is 3.00. The van der Waals surface area contributed by atoms with Crippen molar-refractivity contribution in [3.8, 4) is 22.9 Å². The first-order chi connectivity index (χ1) is 21.0. The summed E-state index contributed by atoms with van der Waals surface area (Å²) in [7, 11) is -3.32. The van der Waals surface area contributed by atoms with Gasteiger partial charge in [0.2, 0.25) is 34.5 Å². The number of thiol groups is 1. The molecule has 3 heterocycles. The van der Waals surface area contributed by atoms with Crippen molar-refractivity contribution < 1.29 is 35.1 Å². The van der Waals surface area contributed by atoms with Gasteiger partial charge in [0.25, 0.3) is 0 Å². The lowest BCUT2D eigenvalue weighted by atomic mass is 9.91. The summed E-state index contributed by atoms with van der Waals surface area (Å²) in [6.07, 6.45) is 2.91. The molecule has 0 amide bonds. The van der Waals surface area contributed by atoms with Crippen molar-refractivity contribution in [2.24, 2.45) is 5.92 Å². The van der Waals surface area contributed by atoms with Crippen molar-refractivity contribution >= 4 is 16.8 Å². The van der Waals surface area contributed by atoms with E-state index in [0.717, 1.165) is 6.92 Å². The fourth-order valence-electron chi connectivity index (χ4n) is 4.95. The van der Waals surface area contributed by atoms with E-state index in [-0.39, 0.29) is 47.7 Å². The molecule has 0 aliphatic carbocycles. The number of nitrogens with zero attached hydrogens (tertiary/aromatic N) is 3. The summed E-state index contributed by atoms with van der Waals surface area (Å²) >= 11 is 0. The number of piperidine rings is 1. The lowest BCUT2D eigenvalue weighted by Gasteiger charge is -2.33. The lowest BCUT2D eigenvalue weighted by Crippen LogP contribution is -2.48. The molecule has 9 nitrogen and oxygen atoms in total. The fourth-order valence-corrected chi connectivity index (χ4v) is 5.44. The van der Waals surface area contributed by atoms with E-state index >= 15 is 13.2 Å². The van der Waals surface area contributed by atoms with Crippen LogP contribution in [0.25, 0.3) is 11.3 Å². The first-order valence-electron chi connectivity index (χ1n) is 13.5. The maximum atomic E-state index is 15.4. The number of aromatic nitrogens is 3. The van der Waals surface area contributed by atoms with E-state index in [9.17, 15) is 17.2 Å². The van der Waals surface area contributed by atoms with Crippen LogP contribution in [0.2, 0.25) is 0 Å². The maximum Gasteiger partial charge on any atom is 0.249 e. The van der Waals surface area contributed by atoms with Gasteiger partial charge in [0, 0.05) is 49.1 Å². The molecule has 0 saturated carbocycles. The molecule has 2 aromatic carbocycles. The predicted molar refractivity (Wildman–Crippen MR) is 152 cm³/mol. The molecule has 232 valence electrons. The number of pyridine rings is 1. The van der Waals surface area contributed by atoms with Crippen LogP contribution in [-0.2, 0) is 10.9 Å². The molecular weight excluding hydrogens is 607 g/mol. The highest BCUT2D eigenvalue weighted by molar-refractivity contribution is 7.70. The molecule has 5 rings (SSSR count). The van der Waals surface area contributed by atoms with Crippen molar-refractivity contribution in [1.82, 2.24) is 25.0 Å². The van der Waals surface area contributed by atoms with Gasteiger partial charge >= 0.3 is 0 Å². The molecule has 1 fully saturated rings. The second-order valence-electron chi connectivity index (χ2n) is 10.2. The molecule has 0 bridgehead atoms. The van der Waals surface area contributed by atoms with Crippen LogP contribution in [0.3, 0.4) is 0 Å². The molecule has 0 spiro atoms. The second kappa shape index (κ2) is 13.2. The van der Waals surface area contributed by atoms with Crippen LogP contribution in [0, 0.1) is 23.4 Å². The van der Waals surface area contributed by atoms with Gasteiger partial charge in [0.15, 0.2) is 11.6 Å². The molecule has 1 aliphatic rings. The number of rotatable bonds is 10. The minimum absolute atomic E-state index is 0.132. The summed E-state index contributed by atoms with van der Waals surface area (Å²) in [6.45, 7) is 1.48. The smallest absolute Gasteiger partial charge is 0.249 e. The third kappa shape index (κ3) is 7.11. The van der Waals surface area contributed by atoms with Gasteiger partial charge in [-0.3, -0.25) is 0 Å². The third-order valence-corrected chi connectivity index (χ3v) is 7.60. The average molecular weight is 635 g/mol. The lowest BCUT2D eigenvalue weighted by molar-refractivity contribution is -0.0488. The topological polar surface area (TPSA) is 118 Å². The highest BCUT2D eigenvalue weighted by Gasteiger charge is 2.38. The van der Waals surface area contributed by atoms with E-state index in [0.29, 0.717) is 12.6 Å². The Balaban J connectivity index is 1.43. The number of hydrogen-bond donors (Lipinski definition) is 4. The van der Waals surface area contributed by atoms with Crippen LogP contribution in [0.15, 0.2) is 67.0 Å². The summed E-state index contributed by atoms with van der Waals surface area (Å²) in [5.41, 5.74) is -0.208. The Morgan fingerprint density at radius 3 is 2.50 bits per heavy atom. The summed E-state index contributed by atoms with van der Waals surface area (Å²) < 4.78 is 104. The Labute approximate surface area is 251 Å². The van der Waals surface area contributed by atoms with E-state index < -0.39 is 57.5 Å². The predicted octanol–water partition coefficient (Wildman–Crippen LogP) is 5.00. The van der Waals surface area contributed by atoms with E-state index in [4.69, 9.17) is 4.74 Å². The van der Waals surface area contributed by atoms with Crippen LogP contribution >= 0.6 is 0 Å². The highest BCUT2D eigenvalue weighted by atomic mass is 32.2. The van der Waals surface area contributed by atoms with Crippen molar-refractivity contribution in [2.45, 2.75) is 31.4 Å². The quantitative estimate of drug-likeness (QED) is 0.109. The number of hydrogen-bond acceptors (Lipinski definition) is 8. The first-order valence-corrected chi connectivity index (χ1v) is 14.6. The molecule has 3 atom stereocenters. The van der Waals surface area contributed by atoms with Gasteiger partial charge in [-0.15, -0.1) is 0 Å². The molecule has 15 heteroatoms. The minimum atomic E-state index is -3.32. The van der Waals surface area contributed by atoms with Crippen LogP contribution in [0.1, 0.15) is 30.5 Å². The number of nitrogens with one attached hydrogen (secondary N) is 3. The van der Waals surface area contributed by atoms with Gasteiger partial charge in [-0.25, -0.2) is 45.7 Å². The van der Waals surface area contributed by atoms with Crippen molar-refractivity contribution in [3.63, 3.8) is 0 Å². The zero-order valence-electron chi connectivity index (χ0n) is 23.1. The zero-order valence-corrected chi connectivity index (χ0v) is 24.0. The van der Waals surface area contributed by atoms with E-state index in [1.54, 1.807) is 6.07 Å². The Morgan fingerprint density at radius 1 is 1.00 bits per heavy atom. The van der Waals surface area contributed by atoms with Gasteiger partial charge in [-0.1, -0.05) is 30.3 Å². The monoisotopic (exact) mass is 634 g/mol. The molecule has 3 N–H and O–H groups in total. The molecule has 3 unspecified atom stereocenters. The summed E-state index contributed by atoms with van der Waals surface area (Å²) in [5.74, 6) is -9.17. The largest absolute Gasteiger partial charge is 0.435 e. The molecule has 4 aromatic rings. The second-order valence-corrected chi connectivity index (χ2v) is 11.0. The third-order valence-electron chi connectivity index (χ3n) is 7.13. The number of anilines is 1. The van der Waals surface area contributed by atoms with Gasteiger partial charge in [-0.05, 0) is 37.1 Å². The van der Waals surface area contributed by atoms with Crippen molar-refractivity contribution in [3.05, 3.63) is 95.6 Å². The van der Waals surface area contributed by atoms with E-state index in [1.807, 2.05) is 0 Å². The number of alkyl halides is 2. The summed E-state index contributed by atoms with van der Waals surface area (Å²) in [6, 6.07) is 10.8. The van der Waals surface area contributed by atoms with E-state index in [2.05, 4.69) is 30.3 Å². The Hall–Kier alpha value is -4.21. The standard InChI is InChI=1S/C29H27F5N6O3S/c1-29(33,34)17-12-18(15-35-14-17)38-28-37-11-9-21(39-28)19-8-5-10-36-27(19)43-22-13-20(30)23(25(32)24(22)31)26(40-44(41)42)16-6-3-2-4-7-16/h2-11,13,17-18,26,35,44H,12,14-15H2,1H3,(H,37,38,39)(H,40,41,42). The number of benzene rings is 2. The van der Waals surface area contributed by atoms with Crippen molar-refractivity contribution in [1.29, 1.82) is 0 Å². The highest BCUT2D eigenvalue weighted by Crippen LogP contribution is 2.37. The van der Waals surface area contributed by atoms with Crippen LogP contribution in [-0.4, -0.2) is 48.4 Å². The number of halogens is 5. The summed E-state index contributed by atoms with van der Waals surface area (Å²) in [4.78, 5) is 12.7. The van der Waals surface area contributed by atoms with Gasteiger partial charge in [0.1, 0.15) is 5.82 Å². The van der Waals surface area contributed by atoms with Gasteiger partial charge < -0.3 is 15.4 Å². The fraction of sp³-hybridized carbons (Fsp3) is 0.276. The summed E-state index contributed by atoms with van der Waals surface area (Å²) in [5, 5.41) is 6.02. The first kappa shape index (κ1) is 31.2. The van der Waals surface area contributed by atoms with Gasteiger partial charge in [-0.2, -0.15) is 4.39 Å².